The van der Waals surface area contributed by atoms with E-state index in [1.165, 1.54) is 33.7 Å². The van der Waals surface area contributed by atoms with Gasteiger partial charge in [-0.05, 0) is 66.4 Å². The lowest BCUT2D eigenvalue weighted by molar-refractivity contribution is -0.137. The van der Waals surface area contributed by atoms with Gasteiger partial charge in [0, 0.05) is 37.2 Å². The number of rotatable bonds is 6. The van der Waals surface area contributed by atoms with Gasteiger partial charge in [0.25, 0.3) is 0 Å². The van der Waals surface area contributed by atoms with E-state index in [0.29, 0.717) is 33.5 Å². The second-order valence-electron chi connectivity index (χ2n) is 10.6. The topological polar surface area (TPSA) is 109 Å². The predicted molar refractivity (Wildman–Crippen MR) is 166 cm³/mol. The molecule has 14 heteroatoms. The zero-order valence-corrected chi connectivity index (χ0v) is 25.4. The fourth-order valence-corrected chi connectivity index (χ4v) is 5.40. The van der Waals surface area contributed by atoms with Crippen molar-refractivity contribution in [2.75, 3.05) is 35.0 Å². The highest BCUT2D eigenvalue weighted by atomic mass is 32.2. The van der Waals surface area contributed by atoms with Crippen LogP contribution in [0.1, 0.15) is 36.5 Å². The molecule has 3 amide bonds. The number of aliphatic imine (C=N–C) groups is 1. The van der Waals surface area contributed by atoms with Crippen molar-refractivity contribution in [2.45, 2.75) is 32.9 Å². The maximum absolute atomic E-state index is 13.0. The summed E-state index contributed by atoms with van der Waals surface area (Å²) in [6.07, 6.45) is -2.38. The number of hydrogen-bond acceptors (Lipinski definition) is 7. The summed E-state index contributed by atoms with van der Waals surface area (Å²) in [5.41, 5.74) is 3.57. The Balaban J connectivity index is 1.34. The number of amides is 3. The standard InChI is InChI=1S/C30H29F3N8O2S/c1-17(2)22-9-8-21(39(4)5)13-24(22)41-26(42)15-44-29(41)37-28(43)36-23-10-6-19(12-18(23)3)27-35-16-40(38-27)25-11-7-20(14-34-25)30(31,32)33/h6-14,16-17H,15H2,1-5H3,(H,36,43). The lowest BCUT2D eigenvalue weighted by atomic mass is 9.99. The fourth-order valence-electron chi connectivity index (χ4n) is 4.54. The van der Waals surface area contributed by atoms with Crippen molar-refractivity contribution in [2.24, 2.45) is 4.99 Å². The van der Waals surface area contributed by atoms with Gasteiger partial charge in [-0.2, -0.15) is 18.2 Å². The molecule has 0 unspecified atom stereocenters. The number of urea groups is 1. The number of thioether (sulfide) groups is 1. The summed E-state index contributed by atoms with van der Waals surface area (Å²) >= 11 is 1.21. The number of aromatic nitrogens is 4. The Bertz CT molecular complexity index is 1750. The fraction of sp³-hybridized carbons (Fsp3) is 0.267. The molecule has 3 heterocycles. The predicted octanol–water partition coefficient (Wildman–Crippen LogP) is 6.51. The number of carbonyl (C=O) groups excluding carboxylic acids is 2. The average Bonchev–Trinajstić information content (AvgIpc) is 3.60. The largest absolute Gasteiger partial charge is 0.417 e. The Hall–Kier alpha value is -4.72. The summed E-state index contributed by atoms with van der Waals surface area (Å²) in [5, 5.41) is 7.41. The van der Waals surface area contributed by atoms with E-state index in [0.717, 1.165) is 23.5 Å². The van der Waals surface area contributed by atoms with Gasteiger partial charge in [-0.15, -0.1) is 5.10 Å². The van der Waals surface area contributed by atoms with Gasteiger partial charge in [-0.1, -0.05) is 31.7 Å². The molecule has 2 aromatic carbocycles. The van der Waals surface area contributed by atoms with E-state index < -0.39 is 17.8 Å². The first-order chi connectivity index (χ1) is 20.8. The molecule has 4 aromatic rings. The van der Waals surface area contributed by atoms with Crippen LogP contribution in [0, 0.1) is 6.92 Å². The lowest BCUT2D eigenvalue weighted by Gasteiger charge is -2.24. The van der Waals surface area contributed by atoms with Crippen LogP contribution in [0.5, 0.6) is 0 Å². The van der Waals surface area contributed by atoms with Gasteiger partial charge < -0.3 is 10.2 Å². The number of nitrogens with one attached hydrogen (secondary N) is 1. The number of carbonyl (C=O) groups is 2. The van der Waals surface area contributed by atoms with Crippen LogP contribution in [0.4, 0.5) is 35.0 Å². The number of halogens is 3. The van der Waals surface area contributed by atoms with Crippen molar-refractivity contribution in [1.82, 2.24) is 19.7 Å². The molecule has 0 saturated carbocycles. The molecule has 0 bridgehead atoms. The van der Waals surface area contributed by atoms with Crippen LogP contribution in [0.25, 0.3) is 17.2 Å². The van der Waals surface area contributed by atoms with E-state index in [-0.39, 0.29) is 23.4 Å². The molecule has 2 aromatic heterocycles. The highest BCUT2D eigenvalue weighted by molar-refractivity contribution is 8.15. The zero-order valence-electron chi connectivity index (χ0n) is 24.5. The number of benzene rings is 2. The van der Waals surface area contributed by atoms with Crippen molar-refractivity contribution in [3.05, 3.63) is 77.7 Å². The molecule has 1 aliphatic heterocycles. The maximum atomic E-state index is 13.0. The highest BCUT2D eigenvalue weighted by Crippen LogP contribution is 2.36. The van der Waals surface area contributed by atoms with Crippen molar-refractivity contribution >= 4 is 45.9 Å². The van der Waals surface area contributed by atoms with Crippen LogP contribution in [0.3, 0.4) is 0 Å². The number of aryl methyl sites for hydroxylation is 1. The Morgan fingerprint density at radius 2 is 1.86 bits per heavy atom. The van der Waals surface area contributed by atoms with E-state index in [1.807, 2.05) is 51.0 Å². The van der Waals surface area contributed by atoms with Gasteiger partial charge in [0.2, 0.25) is 5.91 Å². The highest BCUT2D eigenvalue weighted by Gasteiger charge is 2.33. The minimum atomic E-state index is -4.48. The summed E-state index contributed by atoms with van der Waals surface area (Å²) in [5.74, 6) is 0.667. The Morgan fingerprint density at radius 1 is 1.09 bits per heavy atom. The zero-order chi connectivity index (χ0) is 31.8. The van der Waals surface area contributed by atoms with Crippen LogP contribution >= 0.6 is 11.8 Å². The third-order valence-electron chi connectivity index (χ3n) is 6.88. The Morgan fingerprint density at radius 3 is 2.50 bits per heavy atom. The van der Waals surface area contributed by atoms with Gasteiger partial charge >= 0.3 is 12.2 Å². The normalized spacial score (nSPS) is 14.5. The Labute approximate surface area is 256 Å². The molecule has 228 valence electrons. The molecule has 0 atom stereocenters. The van der Waals surface area contributed by atoms with Gasteiger partial charge in [-0.25, -0.2) is 19.4 Å². The number of amidine groups is 1. The van der Waals surface area contributed by atoms with Gasteiger partial charge in [0.15, 0.2) is 16.8 Å². The van der Waals surface area contributed by atoms with E-state index in [9.17, 15) is 22.8 Å². The van der Waals surface area contributed by atoms with Crippen molar-refractivity contribution in [3.8, 4) is 17.2 Å². The third kappa shape index (κ3) is 6.44. The number of hydrogen-bond donors (Lipinski definition) is 1. The minimum absolute atomic E-state index is 0.142. The molecule has 0 radical (unpaired) electrons. The summed E-state index contributed by atoms with van der Waals surface area (Å²) in [4.78, 5) is 41.8. The molecule has 44 heavy (non-hydrogen) atoms. The van der Waals surface area contributed by atoms with E-state index in [1.54, 1.807) is 25.1 Å². The molecule has 0 aliphatic carbocycles. The number of nitrogens with zero attached hydrogens (tertiary/aromatic N) is 7. The summed E-state index contributed by atoms with van der Waals surface area (Å²) in [6.45, 7) is 5.88. The molecule has 5 rings (SSSR count). The summed E-state index contributed by atoms with van der Waals surface area (Å²) < 4.78 is 39.8. The van der Waals surface area contributed by atoms with Crippen LogP contribution in [0.2, 0.25) is 0 Å². The molecule has 1 saturated heterocycles. The molecule has 1 aliphatic rings. The quantitative estimate of drug-likeness (QED) is 0.261. The third-order valence-corrected chi connectivity index (χ3v) is 7.81. The van der Waals surface area contributed by atoms with Gasteiger partial charge in [0.05, 0.1) is 17.0 Å². The maximum Gasteiger partial charge on any atom is 0.417 e. The first-order valence-corrected chi connectivity index (χ1v) is 14.5. The second-order valence-corrected chi connectivity index (χ2v) is 11.5. The summed E-state index contributed by atoms with van der Waals surface area (Å²) in [7, 11) is 3.84. The second kappa shape index (κ2) is 12.1. The molecular formula is C30H29F3N8O2S. The van der Waals surface area contributed by atoms with Crippen LogP contribution in [-0.4, -0.2) is 56.7 Å². The molecule has 1 fully saturated rings. The van der Waals surface area contributed by atoms with Crippen molar-refractivity contribution in [1.29, 1.82) is 0 Å². The van der Waals surface area contributed by atoms with E-state index in [4.69, 9.17) is 0 Å². The Kier molecular flexibility index (Phi) is 8.46. The van der Waals surface area contributed by atoms with Crippen LogP contribution < -0.4 is 15.1 Å². The van der Waals surface area contributed by atoms with Crippen molar-refractivity contribution in [3.63, 3.8) is 0 Å². The summed E-state index contributed by atoms with van der Waals surface area (Å²) in [6, 6.07) is 12.6. The number of alkyl halides is 3. The average molecular weight is 623 g/mol. The number of pyridine rings is 1. The number of anilines is 3. The first-order valence-electron chi connectivity index (χ1n) is 13.5. The lowest BCUT2D eigenvalue weighted by Crippen LogP contribution is -2.31. The van der Waals surface area contributed by atoms with Crippen LogP contribution in [0.15, 0.2) is 66.0 Å². The molecule has 10 nitrogen and oxygen atoms in total. The van der Waals surface area contributed by atoms with Gasteiger partial charge in [0.1, 0.15) is 6.33 Å². The van der Waals surface area contributed by atoms with Crippen LogP contribution in [-0.2, 0) is 11.0 Å². The van der Waals surface area contributed by atoms with E-state index >= 15 is 0 Å². The molecule has 1 N–H and O–H groups in total. The SMILES string of the molecule is Cc1cc(-c2ncn(-c3ccc(C(F)(F)F)cn3)n2)ccc1NC(=O)N=C1SCC(=O)N1c1cc(N(C)C)ccc1C(C)C. The van der Waals surface area contributed by atoms with Crippen molar-refractivity contribution < 1.29 is 22.8 Å². The van der Waals surface area contributed by atoms with Gasteiger partial charge in [-0.3, -0.25) is 9.69 Å². The smallest absolute Gasteiger partial charge is 0.378 e. The molecule has 0 spiro atoms. The first kappa shape index (κ1) is 30.7. The minimum Gasteiger partial charge on any atom is -0.378 e. The van der Waals surface area contributed by atoms with E-state index in [2.05, 4.69) is 25.4 Å². The molecular weight excluding hydrogens is 593 g/mol. The monoisotopic (exact) mass is 622 g/mol.